The molecule has 0 atom stereocenters. The minimum Gasteiger partial charge on any atom is -0.318 e. The van der Waals surface area contributed by atoms with Crippen LogP contribution >= 0.6 is 22.9 Å². The number of hydrogen-bond acceptors (Lipinski definition) is 3. The summed E-state index contributed by atoms with van der Waals surface area (Å²) in [5.74, 6) is 0. The zero-order valence-corrected chi connectivity index (χ0v) is 7.71. The summed E-state index contributed by atoms with van der Waals surface area (Å²) >= 11 is 7.37. The SMILES string of the molecule is NCNCCc1ccc(Cl)s1. The van der Waals surface area contributed by atoms with Crippen molar-refractivity contribution < 1.29 is 0 Å². The summed E-state index contributed by atoms with van der Waals surface area (Å²) in [6.07, 6.45) is 1.01. The molecule has 0 spiro atoms. The van der Waals surface area contributed by atoms with Gasteiger partial charge in [-0.05, 0) is 18.6 Å². The molecule has 0 aliphatic rings. The van der Waals surface area contributed by atoms with E-state index in [1.54, 1.807) is 11.3 Å². The smallest absolute Gasteiger partial charge is 0.0931 e. The second kappa shape index (κ2) is 4.72. The molecule has 0 amide bonds. The summed E-state index contributed by atoms with van der Waals surface area (Å²) in [7, 11) is 0. The lowest BCUT2D eigenvalue weighted by Gasteiger charge is -1.97. The monoisotopic (exact) mass is 190 g/mol. The minimum absolute atomic E-state index is 0.541. The Kier molecular flexibility index (Phi) is 3.86. The molecule has 1 heterocycles. The fourth-order valence-electron chi connectivity index (χ4n) is 0.800. The third kappa shape index (κ3) is 3.20. The Morgan fingerprint density at radius 1 is 1.55 bits per heavy atom. The molecule has 11 heavy (non-hydrogen) atoms. The van der Waals surface area contributed by atoms with E-state index in [1.807, 2.05) is 12.1 Å². The van der Waals surface area contributed by atoms with Crippen molar-refractivity contribution in [3.63, 3.8) is 0 Å². The van der Waals surface area contributed by atoms with Crippen LogP contribution in [-0.2, 0) is 6.42 Å². The lowest BCUT2D eigenvalue weighted by atomic mass is 10.3. The summed E-state index contributed by atoms with van der Waals surface area (Å²) in [5, 5.41) is 3.05. The van der Waals surface area contributed by atoms with E-state index in [4.69, 9.17) is 17.3 Å². The van der Waals surface area contributed by atoms with Crippen LogP contribution < -0.4 is 11.1 Å². The van der Waals surface area contributed by atoms with Gasteiger partial charge in [-0.25, -0.2) is 0 Å². The van der Waals surface area contributed by atoms with Crippen LogP contribution in [0.3, 0.4) is 0 Å². The fraction of sp³-hybridized carbons (Fsp3) is 0.429. The Balaban J connectivity index is 2.27. The average Bonchev–Trinajstić information content (AvgIpc) is 2.37. The molecule has 0 aliphatic heterocycles. The van der Waals surface area contributed by atoms with E-state index in [1.165, 1.54) is 4.88 Å². The highest BCUT2D eigenvalue weighted by atomic mass is 35.5. The summed E-state index contributed by atoms with van der Waals surface area (Å²) in [4.78, 5) is 1.30. The molecule has 1 rings (SSSR count). The number of nitrogens with one attached hydrogen (secondary N) is 1. The van der Waals surface area contributed by atoms with Crippen LogP contribution in [0, 0.1) is 0 Å². The first-order valence-electron chi connectivity index (χ1n) is 3.48. The number of thiophene rings is 1. The average molecular weight is 191 g/mol. The van der Waals surface area contributed by atoms with Crippen molar-refractivity contribution in [1.82, 2.24) is 5.32 Å². The minimum atomic E-state index is 0.541. The van der Waals surface area contributed by atoms with Gasteiger partial charge in [0.1, 0.15) is 0 Å². The number of halogens is 1. The van der Waals surface area contributed by atoms with Crippen molar-refractivity contribution in [1.29, 1.82) is 0 Å². The van der Waals surface area contributed by atoms with Crippen molar-refractivity contribution in [2.24, 2.45) is 5.73 Å². The van der Waals surface area contributed by atoms with Gasteiger partial charge in [0.05, 0.1) is 4.34 Å². The van der Waals surface area contributed by atoms with Crippen molar-refractivity contribution in [3.05, 3.63) is 21.3 Å². The third-order valence-electron chi connectivity index (χ3n) is 1.32. The molecule has 0 aliphatic carbocycles. The van der Waals surface area contributed by atoms with Crippen LogP contribution in [-0.4, -0.2) is 13.2 Å². The zero-order valence-electron chi connectivity index (χ0n) is 6.14. The quantitative estimate of drug-likeness (QED) is 0.557. The second-order valence-electron chi connectivity index (χ2n) is 2.16. The number of nitrogens with two attached hydrogens (primary N) is 1. The number of hydrogen-bond donors (Lipinski definition) is 2. The highest BCUT2D eigenvalue weighted by molar-refractivity contribution is 7.16. The third-order valence-corrected chi connectivity index (χ3v) is 2.61. The molecular formula is C7H11ClN2S. The van der Waals surface area contributed by atoms with Gasteiger partial charge in [-0.3, -0.25) is 0 Å². The van der Waals surface area contributed by atoms with Crippen LogP contribution in [0.15, 0.2) is 12.1 Å². The fourth-order valence-corrected chi connectivity index (χ4v) is 1.89. The molecule has 0 aromatic carbocycles. The zero-order chi connectivity index (χ0) is 8.10. The van der Waals surface area contributed by atoms with Crippen molar-refractivity contribution in [3.8, 4) is 0 Å². The molecule has 3 N–H and O–H groups in total. The van der Waals surface area contributed by atoms with Crippen LogP contribution in [0.5, 0.6) is 0 Å². The maximum atomic E-state index is 5.75. The maximum absolute atomic E-state index is 5.75. The lowest BCUT2D eigenvalue weighted by molar-refractivity contribution is 0.705. The lowest BCUT2D eigenvalue weighted by Crippen LogP contribution is -2.24. The first-order chi connectivity index (χ1) is 5.33. The van der Waals surface area contributed by atoms with Gasteiger partial charge >= 0.3 is 0 Å². The van der Waals surface area contributed by atoms with Crippen LogP contribution in [0.4, 0.5) is 0 Å². The molecule has 0 bridgehead atoms. The van der Waals surface area contributed by atoms with Crippen LogP contribution in [0.25, 0.3) is 0 Å². The summed E-state index contributed by atoms with van der Waals surface area (Å²) in [6.45, 7) is 1.46. The maximum Gasteiger partial charge on any atom is 0.0931 e. The first-order valence-corrected chi connectivity index (χ1v) is 4.67. The van der Waals surface area contributed by atoms with Gasteiger partial charge in [0, 0.05) is 18.1 Å². The molecule has 1 aromatic heterocycles. The predicted octanol–water partition coefficient (Wildman–Crippen LogP) is 1.45. The van der Waals surface area contributed by atoms with Gasteiger partial charge in [0.2, 0.25) is 0 Å². The Bertz CT molecular complexity index is 212. The largest absolute Gasteiger partial charge is 0.318 e. The standard InChI is InChI=1S/C7H11ClN2S/c8-7-2-1-6(11-7)3-4-10-5-9/h1-2,10H,3-5,9H2. The highest BCUT2D eigenvalue weighted by Gasteiger charge is 1.95. The molecular weight excluding hydrogens is 180 g/mol. The van der Waals surface area contributed by atoms with E-state index in [-0.39, 0.29) is 0 Å². The molecule has 0 fully saturated rings. The summed E-state index contributed by atoms with van der Waals surface area (Å²) < 4.78 is 0.854. The Labute approximate surface area is 75.4 Å². The highest BCUT2D eigenvalue weighted by Crippen LogP contribution is 2.21. The van der Waals surface area contributed by atoms with E-state index in [0.717, 1.165) is 17.3 Å². The second-order valence-corrected chi connectivity index (χ2v) is 3.96. The summed E-state index contributed by atoms with van der Waals surface area (Å²) in [6, 6.07) is 3.97. The van der Waals surface area contributed by atoms with E-state index in [9.17, 15) is 0 Å². The molecule has 2 nitrogen and oxygen atoms in total. The van der Waals surface area contributed by atoms with Gasteiger partial charge in [0.15, 0.2) is 0 Å². The Hall–Kier alpha value is -0.0900. The van der Waals surface area contributed by atoms with Gasteiger partial charge in [-0.1, -0.05) is 11.6 Å². The van der Waals surface area contributed by atoms with Crippen molar-refractivity contribution in [2.75, 3.05) is 13.2 Å². The predicted molar refractivity (Wildman–Crippen MR) is 50.1 cm³/mol. The van der Waals surface area contributed by atoms with E-state index >= 15 is 0 Å². The topological polar surface area (TPSA) is 38.0 Å². The Morgan fingerprint density at radius 2 is 2.36 bits per heavy atom. The molecule has 0 saturated carbocycles. The van der Waals surface area contributed by atoms with Gasteiger partial charge in [-0.2, -0.15) is 0 Å². The Morgan fingerprint density at radius 3 is 2.91 bits per heavy atom. The number of rotatable bonds is 4. The molecule has 0 unspecified atom stereocenters. The summed E-state index contributed by atoms with van der Waals surface area (Å²) in [5.41, 5.74) is 5.26. The molecule has 1 aromatic rings. The normalized spacial score (nSPS) is 10.4. The van der Waals surface area contributed by atoms with E-state index in [2.05, 4.69) is 5.32 Å². The van der Waals surface area contributed by atoms with Crippen molar-refractivity contribution in [2.45, 2.75) is 6.42 Å². The first kappa shape index (κ1) is 9.00. The van der Waals surface area contributed by atoms with Crippen LogP contribution in [0.2, 0.25) is 4.34 Å². The van der Waals surface area contributed by atoms with Crippen LogP contribution in [0.1, 0.15) is 4.88 Å². The van der Waals surface area contributed by atoms with Crippen molar-refractivity contribution >= 4 is 22.9 Å². The van der Waals surface area contributed by atoms with E-state index in [0.29, 0.717) is 6.67 Å². The molecule has 0 radical (unpaired) electrons. The van der Waals surface area contributed by atoms with Gasteiger partial charge in [0.25, 0.3) is 0 Å². The molecule has 62 valence electrons. The molecule has 0 saturated heterocycles. The van der Waals surface area contributed by atoms with Gasteiger partial charge < -0.3 is 11.1 Å². The van der Waals surface area contributed by atoms with Gasteiger partial charge in [-0.15, -0.1) is 11.3 Å². The molecule has 4 heteroatoms. The van der Waals surface area contributed by atoms with E-state index < -0.39 is 0 Å².